The second-order valence-corrected chi connectivity index (χ2v) is 10.2. The summed E-state index contributed by atoms with van der Waals surface area (Å²) in [6.07, 6.45) is 0. The number of anilines is 4. The highest BCUT2D eigenvalue weighted by molar-refractivity contribution is 7.14. The molecule has 0 spiro atoms. The largest absolute Gasteiger partial charge is 0.733 e. The lowest BCUT2D eigenvalue weighted by atomic mass is 10.1. The molecule has 40 heavy (non-hydrogen) atoms. The van der Waals surface area contributed by atoms with E-state index in [-0.39, 0.29) is 27.2 Å². The summed E-state index contributed by atoms with van der Waals surface area (Å²) in [6, 6.07) is 18.0. The molecule has 0 aliphatic carbocycles. The molecule has 0 radical (unpaired) electrons. The second kappa shape index (κ2) is 10.9. The van der Waals surface area contributed by atoms with Gasteiger partial charge in [-0.1, -0.05) is 35.9 Å². The molecule has 10 nitrogen and oxygen atoms in total. The Labute approximate surface area is 237 Å². The van der Waals surface area contributed by atoms with Crippen molar-refractivity contribution in [2.24, 2.45) is 0 Å². The van der Waals surface area contributed by atoms with Gasteiger partial charge in [0.15, 0.2) is 5.13 Å². The summed E-state index contributed by atoms with van der Waals surface area (Å²) in [7, 11) is 0. The Bertz CT molecular complexity index is 1680. The Morgan fingerprint density at radius 2 is 1.75 bits per heavy atom. The maximum atomic E-state index is 13.2. The first-order valence-electron chi connectivity index (χ1n) is 11.9. The van der Waals surface area contributed by atoms with E-state index in [9.17, 15) is 19.6 Å². The van der Waals surface area contributed by atoms with Crippen molar-refractivity contribution in [1.82, 2.24) is 4.98 Å². The summed E-state index contributed by atoms with van der Waals surface area (Å²) < 4.78 is 0. The molecule has 4 aromatic rings. The van der Waals surface area contributed by atoms with Crippen molar-refractivity contribution in [2.45, 2.75) is 13.8 Å². The normalized spacial score (nSPS) is 13.2. The molecule has 12 heteroatoms. The fourth-order valence-corrected chi connectivity index (χ4v) is 5.15. The Morgan fingerprint density at radius 1 is 1.02 bits per heavy atom. The van der Waals surface area contributed by atoms with Crippen molar-refractivity contribution >= 4 is 62.9 Å². The Kier molecular flexibility index (Phi) is 7.37. The van der Waals surface area contributed by atoms with Crippen molar-refractivity contribution in [1.29, 1.82) is 0 Å². The van der Waals surface area contributed by atoms with Gasteiger partial charge in [0, 0.05) is 22.2 Å². The van der Waals surface area contributed by atoms with Gasteiger partial charge in [-0.2, -0.15) is 0 Å². The predicted octanol–water partition coefficient (Wildman–Crippen LogP) is 5.81. The molecule has 0 atom stereocenters. The van der Waals surface area contributed by atoms with Crippen molar-refractivity contribution in [3.8, 4) is 11.3 Å². The summed E-state index contributed by atoms with van der Waals surface area (Å²) in [5.41, 5.74) is 3.93. The highest BCUT2D eigenvalue weighted by Crippen LogP contribution is 2.32. The van der Waals surface area contributed by atoms with Gasteiger partial charge in [-0.3, -0.25) is 24.9 Å². The molecule has 1 aliphatic heterocycles. The Morgan fingerprint density at radius 3 is 2.48 bits per heavy atom. The van der Waals surface area contributed by atoms with E-state index in [0.717, 1.165) is 16.0 Å². The number of rotatable bonds is 7. The van der Waals surface area contributed by atoms with Crippen LogP contribution in [0.1, 0.15) is 21.5 Å². The maximum absolute atomic E-state index is 13.2. The van der Waals surface area contributed by atoms with E-state index in [0.29, 0.717) is 27.8 Å². The SMILES string of the molecule is Cc1cc(C)cc(N2C(=O)C(Cl)=C(Nc3cccc(C(=O)Nc4nc(-c5cccc(N([O-])O)c5)cs4)c3)C2=O)c1. The average Bonchev–Trinajstić information content (AvgIpc) is 3.46. The van der Waals surface area contributed by atoms with Crippen LogP contribution in [0.3, 0.4) is 0 Å². The van der Waals surface area contributed by atoms with Crippen LogP contribution in [0.15, 0.2) is 82.8 Å². The standard InChI is InChI=1S/C28H21ClN5O5S/c1-15-9-16(2)11-21(10-15)33-26(36)23(29)24(27(33)37)30-19-7-3-6-18(12-19)25(35)32-28-31-22(14-40-28)17-5-4-8-20(13-17)34(38)39/h3-14,30,38H,1-2H3,(H,31,32,35)/q-1. The van der Waals surface area contributed by atoms with E-state index in [4.69, 9.17) is 16.8 Å². The number of halogens is 1. The number of hydrogen-bond donors (Lipinski definition) is 3. The molecule has 3 amide bonds. The summed E-state index contributed by atoms with van der Waals surface area (Å²) >= 11 is 7.46. The lowest BCUT2D eigenvalue weighted by molar-refractivity contribution is -0.120. The maximum Gasteiger partial charge on any atom is 0.283 e. The summed E-state index contributed by atoms with van der Waals surface area (Å²) in [5, 5.41) is 27.5. The van der Waals surface area contributed by atoms with Gasteiger partial charge in [0.25, 0.3) is 17.7 Å². The zero-order valence-electron chi connectivity index (χ0n) is 21.1. The topological polar surface area (TPSA) is 138 Å². The number of imide groups is 1. The minimum Gasteiger partial charge on any atom is -0.733 e. The number of aromatic nitrogens is 1. The van der Waals surface area contributed by atoms with E-state index < -0.39 is 17.7 Å². The van der Waals surface area contributed by atoms with Crippen LogP contribution in [-0.4, -0.2) is 27.9 Å². The van der Waals surface area contributed by atoms with Crippen LogP contribution < -0.4 is 20.8 Å². The van der Waals surface area contributed by atoms with Crippen LogP contribution in [0, 0.1) is 19.1 Å². The Hall–Kier alpha value is -4.55. The molecule has 0 unspecified atom stereocenters. The third kappa shape index (κ3) is 5.44. The van der Waals surface area contributed by atoms with Gasteiger partial charge in [0.1, 0.15) is 10.7 Å². The molecule has 1 aliphatic rings. The van der Waals surface area contributed by atoms with Crippen LogP contribution >= 0.6 is 22.9 Å². The third-order valence-corrected chi connectivity index (χ3v) is 7.08. The zero-order chi connectivity index (χ0) is 28.6. The number of carbonyl (C=O) groups excluding carboxylic acids is 3. The van der Waals surface area contributed by atoms with Crippen LogP contribution in [0.5, 0.6) is 0 Å². The molecule has 202 valence electrons. The number of hydrogen-bond acceptors (Lipinski definition) is 9. The highest BCUT2D eigenvalue weighted by Gasteiger charge is 2.39. The van der Waals surface area contributed by atoms with E-state index in [2.05, 4.69) is 15.6 Å². The molecular formula is C28H21ClN5O5S-. The monoisotopic (exact) mass is 574 g/mol. The first kappa shape index (κ1) is 27.0. The molecule has 0 saturated heterocycles. The van der Waals surface area contributed by atoms with Gasteiger partial charge in [-0.25, -0.2) is 9.88 Å². The molecule has 0 bridgehead atoms. The van der Waals surface area contributed by atoms with Crippen LogP contribution in [0.25, 0.3) is 11.3 Å². The number of carbonyl (C=O) groups is 3. The minimum atomic E-state index is -0.639. The third-order valence-electron chi connectivity index (χ3n) is 5.97. The fraction of sp³-hybridized carbons (Fsp3) is 0.0714. The first-order valence-corrected chi connectivity index (χ1v) is 13.1. The molecule has 3 N–H and O–H groups in total. The first-order chi connectivity index (χ1) is 19.1. The number of thiazole rings is 1. The lowest BCUT2D eigenvalue weighted by Gasteiger charge is -2.21. The predicted molar refractivity (Wildman–Crippen MR) is 154 cm³/mol. The number of nitrogens with one attached hydrogen (secondary N) is 2. The van der Waals surface area contributed by atoms with E-state index in [1.165, 1.54) is 29.5 Å². The van der Waals surface area contributed by atoms with E-state index >= 15 is 0 Å². The van der Waals surface area contributed by atoms with Gasteiger partial charge in [0.05, 0.1) is 17.1 Å². The molecule has 1 aromatic heterocycles. The molecule has 0 fully saturated rings. The van der Waals surface area contributed by atoms with Crippen LogP contribution in [-0.2, 0) is 9.59 Å². The summed E-state index contributed by atoms with van der Waals surface area (Å²) in [4.78, 5) is 44.4. The molecule has 0 saturated carbocycles. The number of nitrogens with zero attached hydrogens (tertiary/aromatic N) is 3. The number of benzene rings is 3. The Balaban J connectivity index is 1.31. The quantitative estimate of drug-likeness (QED) is 0.186. The molecular weight excluding hydrogens is 554 g/mol. The van der Waals surface area contributed by atoms with E-state index in [1.807, 2.05) is 19.9 Å². The minimum absolute atomic E-state index is 0.0511. The zero-order valence-corrected chi connectivity index (χ0v) is 22.7. The van der Waals surface area contributed by atoms with Crippen LogP contribution in [0.2, 0.25) is 0 Å². The average molecular weight is 575 g/mol. The summed E-state index contributed by atoms with van der Waals surface area (Å²) in [5.74, 6) is -1.69. The van der Waals surface area contributed by atoms with Gasteiger partial charge >= 0.3 is 0 Å². The van der Waals surface area contributed by atoms with Gasteiger partial charge in [-0.05, 0) is 67.4 Å². The van der Waals surface area contributed by atoms with Gasteiger partial charge in [-0.15, -0.1) is 11.3 Å². The number of amides is 3. The van der Waals surface area contributed by atoms with Gasteiger partial charge < -0.3 is 15.8 Å². The number of aryl methyl sites for hydroxylation is 2. The van der Waals surface area contributed by atoms with Crippen molar-refractivity contribution in [3.63, 3.8) is 0 Å². The molecule has 2 heterocycles. The molecule has 3 aromatic carbocycles. The van der Waals surface area contributed by atoms with Crippen molar-refractivity contribution < 1.29 is 19.6 Å². The van der Waals surface area contributed by atoms with Crippen molar-refractivity contribution in [2.75, 3.05) is 20.8 Å². The van der Waals surface area contributed by atoms with E-state index in [1.54, 1.807) is 47.8 Å². The van der Waals surface area contributed by atoms with Gasteiger partial charge in [0.2, 0.25) is 0 Å². The highest BCUT2D eigenvalue weighted by atomic mass is 35.5. The van der Waals surface area contributed by atoms with Crippen molar-refractivity contribution in [3.05, 3.63) is 105 Å². The smallest absolute Gasteiger partial charge is 0.283 e. The molecule has 5 rings (SSSR count). The fourth-order valence-electron chi connectivity index (χ4n) is 4.23. The second-order valence-electron chi connectivity index (χ2n) is 9.00. The lowest BCUT2D eigenvalue weighted by Crippen LogP contribution is -2.32. The summed E-state index contributed by atoms with van der Waals surface area (Å²) in [6.45, 7) is 3.74. The van der Waals surface area contributed by atoms with Crippen LogP contribution in [0.4, 0.5) is 22.2 Å².